The Kier molecular flexibility index (Phi) is 3.31. The summed E-state index contributed by atoms with van der Waals surface area (Å²) in [6.45, 7) is 3.58. The molecule has 0 saturated heterocycles. The lowest BCUT2D eigenvalue weighted by Crippen LogP contribution is -2.53. The first-order valence-electron chi connectivity index (χ1n) is 2.39. The van der Waals surface area contributed by atoms with Gasteiger partial charge in [-0.05, 0) is 14.1 Å². The van der Waals surface area contributed by atoms with Crippen molar-refractivity contribution in [2.24, 2.45) is 0 Å². The molecule has 0 saturated carbocycles. The maximum Gasteiger partial charge on any atom is 0.326 e. The lowest BCUT2D eigenvalue weighted by Gasteiger charge is -2.16. The molecule has 0 fully saturated rings. The van der Waals surface area contributed by atoms with Crippen molar-refractivity contribution in [2.75, 3.05) is 14.1 Å². The minimum Gasteiger partial charge on any atom is -0.313 e. The molecule has 0 aliphatic rings. The zero-order valence-electron chi connectivity index (χ0n) is 5.16. The van der Waals surface area contributed by atoms with Gasteiger partial charge in [0.15, 0.2) is 0 Å². The molecule has 48 valence electrons. The maximum absolute atomic E-state index is 5.89. The van der Waals surface area contributed by atoms with Crippen molar-refractivity contribution in [3.8, 4) is 0 Å². The first-order valence-corrected chi connectivity index (χ1v) is 5.48. The van der Waals surface area contributed by atoms with Crippen LogP contribution in [0.5, 0.6) is 0 Å². The number of nitrogens with one attached hydrogen (secondary N) is 2. The highest BCUT2D eigenvalue weighted by atomic mass is 35.6. The van der Waals surface area contributed by atoms with Gasteiger partial charge in [-0.2, -0.15) is 0 Å². The van der Waals surface area contributed by atoms with Crippen LogP contribution in [0.4, 0.5) is 0 Å². The van der Waals surface area contributed by atoms with Gasteiger partial charge in [0.2, 0.25) is 0 Å². The molecule has 0 aliphatic heterocycles. The fourth-order valence-corrected chi connectivity index (χ4v) is 0.987. The van der Waals surface area contributed by atoms with Crippen LogP contribution in [0.1, 0.15) is 0 Å². The highest BCUT2D eigenvalue weighted by molar-refractivity contribution is 7.20. The van der Waals surface area contributed by atoms with E-state index in [0.29, 0.717) is 0 Å². The van der Waals surface area contributed by atoms with E-state index in [1.165, 1.54) is 0 Å². The molecule has 0 atom stereocenters. The van der Waals surface area contributed by atoms with Crippen LogP contribution in [0.25, 0.3) is 0 Å². The lowest BCUT2D eigenvalue weighted by atomic mass is 11.3. The van der Waals surface area contributed by atoms with Crippen LogP contribution in [0.2, 0.25) is 0 Å². The van der Waals surface area contributed by atoms with Crippen LogP contribution >= 0.6 is 11.1 Å². The molecule has 0 heterocycles. The molecule has 4 heteroatoms. The topological polar surface area (TPSA) is 24.1 Å². The molecule has 0 rings (SSSR count). The van der Waals surface area contributed by atoms with Crippen LogP contribution in [0.3, 0.4) is 0 Å². The van der Waals surface area contributed by atoms with E-state index in [1.807, 2.05) is 14.1 Å². The Balaban J connectivity index is 3.76. The minimum atomic E-state index is -1.94. The molecule has 0 aromatic rings. The maximum atomic E-state index is 5.89. The van der Waals surface area contributed by atoms with E-state index in [-0.39, 0.29) is 0 Å². The molecular weight excluding hydrogens is 140 g/mol. The van der Waals surface area contributed by atoms with Gasteiger partial charge in [0.05, 0.1) is 0 Å². The average molecular weight is 151 g/mol. The lowest BCUT2D eigenvalue weighted by molar-refractivity contribution is 1.08. The van der Waals surface area contributed by atoms with Gasteiger partial charge in [-0.25, -0.2) is 0 Å². The molecule has 0 unspecified atom stereocenters. The summed E-state index contributed by atoms with van der Waals surface area (Å²) in [5.74, 6) is 0. The monoisotopic (exact) mass is 150 g/mol. The van der Waals surface area contributed by atoms with Crippen LogP contribution in [0.15, 0.2) is 12.3 Å². The number of hydrogen-bond donors (Lipinski definition) is 2. The van der Waals surface area contributed by atoms with Crippen molar-refractivity contribution >= 4 is 18.8 Å². The van der Waals surface area contributed by atoms with Crippen molar-refractivity contribution in [2.45, 2.75) is 0 Å². The van der Waals surface area contributed by atoms with Gasteiger partial charge in [0.1, 0.15) is 0 Å². The van der Waals surface area contributed by atoms with Gasteiger partial charge >= 0.3 is 7.71 Å². The standard InChI is InChI=1S/C4H11ClN2Si/c1-4-8(5,6-2)7-3/h4,6-7H,1H2,2-3H3. The van der Waals surface area contributed by atoms with Gasteiger partial charge < -0.3 is 9.96 Å². The summed E-state index contributed by atoms with van der Waals surface area (Å²) in [7, 11) is 1.70. The van der Waals surface area contributed by atoms with Crippen LogP contribution in [-0.4, -0.2) is 21.8 Å². The Bertz CT molecular complexity index is 82.1. The zero-order valence-corrected chi connectivity index (χ0v) is 6.92. The Hall–Kier alpha value is 0.167. The van der Waals surface area contributed by atoms with Crippen molar-refractivity contribution in [3.05, 3.63) is 12.3 Å². The summed E-state index contributed by atoms with van der Waals surface area (Å²) in [5, 5.41) is 0. The third kappa shape index (κ3) is 1.96. The molecule has 0 bridgehead atoms. The second kappa shape index (κ2) is 3.24. The number of rotatable bonds is 3. The predicted octanol–water partition coefficient (Wildman–Crippen LogP) is 0.328. The number of halogens is 1. The fraction of sp³-hybridized carbons (Fsp3) is 0.500. The third-order valence-electron chi connectivity index (χ3n) is 1.01. The van der Waals surface area contributed by atoms with Crippen LogP contribution < -0.4 is 9.96 Å². The van der Waals surface area contributed by atoms with E-state index < -0.39 is 7.71 Å². The molecule has 2 nitrogen and oxygen atoms in total. The summed E-state index contributed by atoms with van der Waals surface area (Å²) in [5.41, 5.74) is 1.73. The molecule has 0 spiro atoms. The van der Waals surface area contributed by atoms with Gasteiger partial charge in [0.25, 0.3) is 0 Å². The zero-order chi connectivity index (χ0) is 6.62. The number of hydrogen-bond acceptors (Lipinski definition) is 2. The van der Waals surface area contributed by atoms with E-state index in [4.69, 9.17) is 11.1 Å². The van der Waals surface area contributed by atoms with Gasteiger partial charge in [0, 0.05) is 0 Å². The third-order valence-corrected chi connectivity index (χ3v) is 4.62. The van der Waals surface area contributed by atoms with E-state index in [2.05, 4.69) is 16.5 Å². The molecule has 0 amide bonds. The largest absolute Gasteiger partial charge is 0.326 e. The van der Waals surface area contributed by atoms with E-state index >= 15 is 0 Å². The van der Waals surface area contributed by atoms with Crippen molar-refractivity contribution in [1.82, 2.24) is 9.96 Å². The molecule has 0 aromatic heterocycles. The van der Waals surface area contributed by atoms with Crippen molar-refractivity contribution < 1.29 is 0 Å². The van der Waals surface area contributed by atoms with Crippen LogP contribution in [0, 0.1) is 0 Å². The minimum absolute atomic E-state index is 1.73. The average Bonchev–Trinajstić information content (AvgIpc) is 1.87. The quantitative estimate of drug-likeness (QED) is 0.448. The first-order chi connectivity index (χ1) is 3.68. The Morgan fingerprint density at radius 1 is 1.50 bits per heavy atom. The molecule has 2 N–H and O–H groups in total. The van der Waals surface area contributed by atoms with Gasteiger partial charge in [-0.15, -0.1) is 17.7 Å². The summed E-state index contributed by atoms with van der Waals surface area (Å²) in [6, 6.07) is 0. The summed E-state index contributed by atoms with van der Waals surface area (Å²) < 4.78 is 0. The Morgan fingerprint density at radius 3 is 1.88 bits per heavy atom. The Labute approximate surface area is 55.8 Å². The fourth-order valence-electron chi connectivity index (χ4n) is 0.329. The van der Waals surface area contributed by atoms with Gasteiger partial charge in [-0.3, -0.25) is 0 Å². The molecule has 8 heavy (non-hydrogen) atoms. The SMILES string of the molecule is C=C[Si](Cl)(NC)NC. The smallest absolute Gasteiger partial charge is 0.313 e. The van der Waals surface area contributed by atoms with Crippen molar-refractivity contribution in [1.29, 1.82) is 0 Å². The van der Waals surface area contributed by atoms with Gasteiger partial charge in [-0.1, -0.05) is 5.70 Å². The van der Waals surface area contributed by atoms with Crippen LogP contribution in [-0.2, 0) is 0 Å². The predicted molar refractivity (Wildman–Crippen MR) is 39.9 cm³/mol. The summed E-state index contributed by atoms with van der Waals surface area (Å²) in [4.78, 5) is 5.91. The second-order valence-electron chi connectivity index (χ2n) is 1.42. The second-order valence-corrected chi connectivity index (χ2v) is 6.04. The van der Waals surface area contributed by atoms with Crippen molar-refractivity contribution in [3.63, 3.8) is 0 Å². The van der Waals surface area contributed by atoms with E-state index in [1.54, 1.807) is 5.70 Å². The normalized spacial score (nSPS) is 11.4. The summed E-state index contributed by atoms with van der Waals surface area (Å²) >= 11 is 5.89. The molecule has 0 aromatic carbocycles. The molecule has 0 aliphatic carbocycles. The Morgan fingerprint density at radius 2 is 1.88 bits per heavy atom. The van der Waals surface area contributed by atoms with E-state index in [9.17, 15) is 0 Å². The first kappa shape index (κ1) is 8.17. The summed E-state index contributed by atoms with van der Waals surface area (Å²) in [6.07, 6.45) is 0. The van der Waals surface area contributed by atoms with E-state index in [0.717, 1.165) is 0 Å². The molecular formula is C4H11ClN2Si. The highest BCUT2D eigenvalue weighted by Gasteiger charge is 2.21. The molecule has 0 radical (unpaired) electrons. The highest BCUT2D eigenvalue weighted by Crippen LogP contribution is 1.97.